The fourth-order valence-electron chi connectivity index (χ4n) is 2.29. The molecule has 2 N–H and O–H groups in total. The third-order valence-corrected chi connectivity index (χ3v) is 3.62. The molecule has 0 aliphatic heterocycles. The Morgan fingerprint density at radius 1 is 0.893 bits per heavy atom. The molecule has 0 radical (unpaired) electrons. The second-order valence-corrected chi connectivity index (χ2v) is 7.08. The van der Waals surface area contributed by atoms with Crippen molar-refractivity contribution in [3.05, 3.63) is 65.2 Å². The van der Waals surface area contributed by atoms with Crippen molar-refractivity contribution in [2.75, 3.05) is 12.4 Å². The van der Waals surface area contributed by atoms with Crippen molar-refractivity contribution < 1.29 is 23.9 Å². The highest BCUT2D eigenvalue weighted by molar-refractivity contribution is 5.95. The number of ether oxygens (including phenoxy) is 2. The van der Waals surface area contributed by atoms with E-state index in [1.54, 1.807) is 69.3 Å². The van der Waals surface area contributed by atoms with Crippen LogP contribution in [0.2, 0.25) is 0 Å². The third-order valence-electron chi connectivity index (χ3n) is 3.62. The number of rotatable bonds is 5. The van der Waals surface area contributed by atoms with Crippen molar-refractivity contribution in [1.82, 2.24) is 5.32 Å². The fourth-order valence-corrected chi connectivity index (χ4v) is 2.29. The molecule has 0 fully saturated rings. The zero-order valence-corrected chi connectivity index (χ0v) is 16.4. The molecule has 0 unspecified atom stereocenters. The Kier molecular flexibility index (Phi) is 6.76. The molecule has 0 aliphatic carbocycles. The van der Waals surface area contributed by atoms with Crippen molar-refractivity contribution in [2.24, 2.45) is 0 Å². The molecule has 0 saturated carbocycles. The highest BCUT2D eigenvalue weighted by Gasteiger charge is 2.16. The first-order valence-electron chi connectivity index (χ1n) is 8.73. The van der Waals surface area contributed by atoms with Gasteiger partial charge in [0.2, 0.25) is 0 Å². The maximum Gasteiger partial charge on any atom is 0.412 e. The largest absolute Gasteiger partial charge is 0.465 e. The van der Waals surface area contributed by atoms with Gasteiger partial charge in [-0.25, -0.2) is 9.59 Å². The van der Waals surface area contributed by atoms with E-state index < -0.39 is 17.7 Å². The number of amides is 2. The molecule has 0 spiro atoms. The summed E-state index contributed by atoms with van der Waals surface area (Å²) in [5, 5.41) is 5.41. The maximum absolute atomic E-state index is 12.3. The van der Waals surface area contributed by atoms with Gasteiger partial charge in [0.05, 0.1) is 12.7 Å². The topological polar surface area (TPSA) is 93.7 Å². The minimum absolute atomic E-state index is 0.249. The molecule has 0 atom stereocenters. The van der Waals surface area contributed by atoms with E-state index in [0.717, 1.165) is 5.56 Å². The quantitative estimate of drug-likeness (QED) is 0.766. The standard InChI is InChI=1S/C21H24N2O5/c1-21(2,3)28-20(26)23-17-11-9-15(10-12-17)18(24)22-13-14-5-7-16(8-6-14)19(25)27-4/h5-12H,13H2,1-4H3,(H,22,24)(H,23,26). The number of nitrogens with one attached hydrogen (secondary N) is 2. The predicted molar refractivity (Wildman–Crippen MR) is 105 cm³/mol. The zero-order chi connectivity index (χ0) is 20.7. The zero-order valence-electron chi connectivity index (χ0n) is 16.4. The van der Waals surface area contributed by atoms with Gasteiger partial charge < -0.3 is 14.8 Å². The molecule has 0 heterocycles. The number of esters is 1. The second-order valence-electron chi connectivity index (χ2n) is 7.08. The molecule has 28 heavy (non-hydrogen) atoms. The van der Waals surface area contributed by atoms with Gasteiger partial charge in [-0.3, -0.25) is 10.1 Å². The first kappa shape index (κ1) is 21.0. The Balaban J connectivity index is 1.89. The summed E-state index contributed by atoms with van der Waals surface area (Å²) in [6.45, 7) is 5.66. The van der Waals surface area contributed by atoms with Gasteiger partial charge in [0.15, 0.2) is 0 Å². The summed E-state index contributed by atoms with van der Waals surface area (Å²) in [6, 6.07) is 13.3. The minimum Gasteiger partial charge on any atom is -0.465 e. The number of carbonyl (C=O) groups excluding carboxylic acids is 3. The molecule has 0 bridgehead atoms. The molecule has 0 saturated heterocycles. The van der Waals surface area contributed by atoms with E-state index in [9.17, 15) is 14.4 Å². The summed E-state index contributed by atoms with van der Waals surface area (Å²) >= 11 is 0. The van der Waals surface area contributed by atoms with Crippen molar-refractivity contribution >= 4 is 23.7 Å². The first-order chi connectivity index (χ1) is 13.2. The van der Waals surface area contributed by atoms with Crippen LogP contribution in [-0.4, -0.2) is 30.7 Å². The Morgan fingerprint density at radius 2 is 1.46 bits per heavy atom. The van der Waals surface area contributed by atoms with Crippen LogP contribution in [0, 0.1) is 0 Å². The molecule has 7 nitrogen and oxygen atoms in total. The summed E-state index contributed by atoms with van der Waals surface area (Å²) in [5.41, 5.74) is 1.71. The van der Waals surface area contributed by atoms with E-state index >= 15 is 0 Å². The Bertz CT molecular complexity index is 837. The highest BCUT2D eigenvalue weighted by Crippen LogP contribution is 2.13. The van der Waals surface area contributed by atoms with Crippen molar-refractivity contribution in [2.45, 2.75) is 32.9 Å². The Morgan fingerprint density at radius 3 is 2.00 bits per heavy atom. The second kappa shape index (κ2) is 9.03. The molecule has 148 valence electrons. The lowest BCUT2D eigenvalue weighted by atomic mass is 10.1. The molecular formula is C21H24N2O5. The van der Waals surface area contributed by atoms with Gasteiger partial charge in [-0.05, 0) is 62.7 Å². The molecule has 2 rings (SSSR count). The highest BCUT2D eigenvalue weighted by atomic mass is 16.6. The third kappa shape index (κ3) is 6.42. The van der Waals surface area contributed by atoms with Gasteiger partial charge in [0, 0.05) is 17.8 Å². The van der Waals surface area contributed by atoms with Crippen molar-refractivity contribution in [3.8, 4) is 0 Å². The van der Waals surface area contributed by atoms with Gasteiger partial charge in [0.25, 0.3) is 5.91 Å². The number of hydrogen-bond donors (Lipinski definition) is 2. The molecular weight excluding hydrogens is 360 g/mol. The van der Waals surface area contributed by atoms with Crippen LogP contribution in [-0.2, 0) is 16.0 Å². The van der Waals surface area contributed by atoms with Gasteiger partial charge in [0.1, 0.15) is 5.60 Å². The number of anilines is 1. The number of carbonyl (C=O) groups is 3. The smallest absolute Gasteiger partial charge is 0.412 e. The van der Waals surface area contributed by atoms with E-state index in [0.29, 0.717) is 23.4 Å². The monoisotopic (exact) mass is 384 g/mol. The molecule has 0 aromatic heterocycles. The minimum atomic E-state index is -0.584. The Hall–Kier alpha value is -3.35. The van der Waals surface area contributed by atoms with Crippen LogP contribution in [0.1, 0.15) is 47.1 Å². The van der Waals surface area contributed by atoms with Gasteiger partial charge in [-0.2, -0.15) is 0 Å². The number of hydrogen-bond acceptors (Lipinski definition) is 5. The van der Waals surface area contributed by atoms with Crippen LogP contribution in [0.4, 0.5) is 10.5 Å². The normalized spacial score (nSPS) is 10.7. The van der Waals surface area contributed by atoms with Crippen molar-refractivity contribution in [3.63, 3.8) is 0 Å². The van der Waals surface area contributed by atoms with E-state index in [-0.39, 0.29) is 5.91 Å². The van der Waals surface area contributed by atoms with Crippen LogP contribution in [0.25, 0.3) is 0 Å². The van der Waals surface area contributed by atoms with Crippen LogP contribution < -0.4 is 10.6 Å². The summed E-state index contributed by atoms with van der Waals surface area (Å²) in [4.78, 5) is 35.4. The van der Waals surface area contributed by atoms with E-state index in [2.05, 4.69) is 15.4 Å². The molecule has 2 aromatic carbocycles. The maximum atomic E-state index is 12.3. The van der Waals surface area contributed by atoms with Gasteiger partial charge in [-0.1, -0.05) is 12.1 Å². The summed E-state index contributed by atoms with van der Waals surface area (Å²) in [5.74, 6) is -0.656. The number of benzene rings is 2. The van der Waals surface area contributed by atoms with Crippen molar-refractivity contribution in [1.29, 1.82) is 0 Å². The Labute approximate surface area is 164 Å². The molecule has 7 heteroatoms. The fraction of sp³-hybridized carbons (Fsp3) is 0.286. The van der Waals surface area contributed by atoms with Crippen LogP contribution >= 0.6 is 0 Å². The average molecular weight is 384 g/mol. The lowest BCUT2D eigenvalue weighted by Crippen LogP contribution is -2.27. The number of methoxy groups -OCH3 is 1. The predicted octanol–water partition coefficient (Wildman–Crippen LogP) is 3.75. The first-order valence-corrected chi connectivity index (χ1v) is 8.73. The summed E-state index contributed by atoms with van der Waals surface area (Å²) < 4.78 is 9.83. The molecule has 0 aliphatic rings. The summed E-state index contributed by atoms with van der Waals surface area (Å²) in [6.07, 6.45) is -0.555. The SMILES string of the molecule is COC(=O)c1ccc(CNC(=O)c2ccc(NC(=O)OC(C)(C)C)cc2)cc1. The lowest BCUT2D eigenvalue weighted by molar-refractivity contribution is 0.0598. The average Bonchev–Trinajstić information content (AvgIpc) is 2.65. The van der Waals surface area contributed by atoms with Gasteiger partial charge in [-0.15, -0.1) is 0 Å². The van der Waals surface area contributed by atoms with Crippen LogP contribution in [0.5, 0.6) is 0 Å². The van der Waals surface area contributed by atoms with E-state index in [1.165, 1.54) is 7.11 Å². The van der Waals surface area contributed by atoms with Crippen LogP contribution in [0.3, 0.4) is 0 Å². The van der Waals surface area contributed by atoms with Gasteiger partial charge >= 0.3 is 12.1 Å². The van der Waals surface area contributed by atoms with E-state index in [1.807, 2.05) is 0 Å². The molecule has 2 aromatic rings. The molecule has 2 amide bonds. The van der Waals surface area contributed by atoms with E-state index in [4.69, 9.17) is 4.74 Å². The van der Waals surface area contributed by atoms with Crippen LogP contribution in [0.15, 0.2) is 48.5 Å². The summed E-state index contributed by atoms with van der Waals surface area (Å²) in [7, 11) is 1.32. The lowest BCUT2D eigenvalue weighted by Gasteiger charge is -2.19.